The van der Waals surface area contributed by atoms with Gasteiger partial charge in [0.15, 0.2) is 18.2 Å². The smallest absolute Gasteiger partial charge is 0.275 e. The zero-order valence-corrected chi connectivity index (χ0v) is 12.4. The van der Waals surface area contributed by atoms with Gasteiger partial charge in [0.2, 0.25) is 0 Å². The normalized spacial score (nSPS) is 12.0. The molecule has 0 aliphatic carbocycles. The van der Waals surface area contributed by atoms with E-state index < -0.39 is 11.6 Å². The number of nitrogens with two attached hydrogens (primary N) is 1. The van der Waals surface area contributed by atoms with Crippen molar-refractivity contribution in [3.63, 3.8) is 0 Å². The third-order valence-corrected chi connectivity index (χ3v) is 3.46. The molecule has 0 heterocycles. The molecule has 0 bridgehead atoms. The molecule has 0 aromatic heterocycles. The van der Waals surface area contributed by atoms with Crippen molar-refractivity contribution in [2.45, 2.75) is 19.5 Å². The number of quaternary nitrogens is 1. The van der Waals surface area contributed by atoms with E-state index in [1.165, 1.54) is 12.1 Å². The predicted molar refractivity (Wildman–Crippen MR) is 79.9 cm³/mol. The molecule has 0 unspecified atom stereocenters. The number of benzene rings is 2. The lowest BCUT2D eigenvalue weighted by molar-refractivity contribution is -0.682. The summed E-state index contributed by atoms with van der Waals surface area (Å²) in [4.78, 5) is 11.8. The molecule has 22 heavy (non-hydrogen) atoms. The number of amides is 1. The van der Waals surface area contributed by atoms with E-state index in [0.29, 0.717) is 12.1 Å². The maximum atomic E-state index is 13.2. The Balaban J connectivity index is 1.79. The van der Waals surface area contributed by atoms with Crippen LogP contribution in [0.15, 0.2) is 48.5 Å². The number of hydrogen-bond donors (Lipinski definition) is 2. The summed E-state index contributed by atoms with van der Waals surface area (Å²) >= 11 is 0. The average molecular weight is 305 g/mol. The molecule has 3 N–H and O–H groups in total. The van der Waals surface area contributed by atoms with Crippen LogP contribution in [0.5, 0.6) is 0 Å². The van der Waals surface area contributed by atoms with Gasteiger partial charge < -0.3 is 10.6 Å². The van der Waals surface area contributed by atoms with Crippen molar-refractivity contribution in [1.29, 1.82) is 0 Å². The molecule has 0 aliphatic heterocycles. The molecule has 3 nitrogen and oxygen atoms in total. The van der Waals surface area contributed by atoms with E-state index in [1.807, 2.05) is 37.3 Å². The lowest BCUT2D eigenvalue weighted by Crippen LogP contribution is -2.87. The number of nitrogens with one attached hydrogen (secondary N) is 1. The van der Waals surface area contributed by atoms with Crippen LogP contribution in [0.3, 0.4) is 0 Å². The first-order valence-corrected chi connectivity index (χ1v) is 7.15. The largest absolute Gasteiger partial charge is 0.347 e. The molecule has 1 amide bonds. The van der Waals surface area contributed by atoms with Crippen molar-refractivity contribution in [2.75, 3.05) is 6.54 Å². The number of carbonyl (C=O) groups is 1. The second-order valence-corrected chi connectivity index (χ2v) is 5.16. The van der Waals surface area contributed by atoms with Crippen LogP contribution in [0, 0.1) is 11.6 Å². The minimum Gasteiger partial charge on any atom is -0.347 e. The fraction of sp³-hybridized carbons (Fsp3) is 0.235. The molecule has 0 saturated carbocycles. The third-order valence-electron chi connectivity index (χ3n) is 3.46. The van der Waals surface area contributed by atoms with E-state index in [2.05, 4.69) is 5.32 Å². The highest BCUT2D eigenvalue weighted by atomic mass is 19.2. The molecule has 1 atom stereocenters. The summed E-state index contributed by atoms with van der Waals surface area (Å²) in [6, 6.07) is 13.3. The van der Waals surface area contributed by atoms with Gasteiger partial charge >= 0.3 is 0 Å². The average Bonchev–Trinajstić information content (AvgIpc) is 2.54. The molecular weight excluding hydrogens is 286 g/mol. The first-order valence-electron chi connectivity index (χ1n) is 7.15. The first-order chi connectivity index (χ1) is 10.6. The van der Waals surface area contributed by atoms with Crippen LogP contribution < -0.4 is 10.6 Å². The molecule has 0 aliphatic rings. The molecule has 2 rings (SSSR count). The van der Waals surface area contributed by atoms with E-state index in [-0.39, 0.29) is 18.5 Å². The molecule has 0 saturated heterocycles. The quantitative estimate of drug-likeness (QED) is 0.841. The summed E-state index contributed by atoms with van der Waals surface area (Å²) in [6.07, 6.45) is 0. The Kier molecular flexibility index (Phi) is 5.61. The maximum Gasteiger partial charge on any atom is 0.275 e. The second-order valence-electron chi connectivity index (χ2n) is 5.16. The van der Waals surface area contributed by atoms with Crippen LogP contribution in [0.25, 0.3) is 0 Å². The van der Waals surface area contributed by atoms with Crippen LogP contribution >= 0.6 is 0 Å². The fourth-order valence-corrected chi connectivity index (χ4v) is 2.08. The molecule has 0 radical (unpaired) electrons. The highest BCUT2D eigenvalue weighted by molar-refractivity contribution is 5.76. The monoisotopic (exact) mass is 305 g/mol. The second kappa shape index (κ2) is 7.66. The Bertz CT molecular complexity index is 632. The van der Waals surface area contributed by atoms with Gasteiger partial charge in [-0.15, -0.1) is 0 Å². The lowest BCUT2D eigenvalue weighted by atomic mass is 10.1. The van der Waals surface area contributed by atoms with Gasteiger partial charge in [0.05, 0.1) is 0 Å². The summed E-state index contributed by atoms with van der Waals surface area (Å²) in [5, 5.41) is 4.61. The SMILES string of the molecule is C[C@H]([NH2+]CC(=O)NCc1ccccc1)c1ccc(F)c(F)c1. The molecule has 116 valence electrons. The fourth-order valence-electron chi connectivity index (χ4n) is 2.08. The molecular formula is C17H19F2N2O+. The van der Waals surface area contributed by atoms with Gasteiger partial charge in [-0.25, -0.2) is 8.78 Å². The summed E-state index contributed by atoms with van der Waals surface area (Å²) < 4.78 is 26.1. The van der Waals surface area contributed by atoms with E-state index in [4.69, 9.17) is 0 Å². The van der Waals surface area contributed by atoms with Crippen LogP contribution in [0.2, 0.25) is 0 Å². The topological polar surface area (TPSA) is 45.7 Å². The zero-order chi connectivity index (χ0) is 15.9. The number of carbonyl (C=O) groups excluding carboxylic acids is 1. The standard InChI is InChI=1S/C17H18F2N2O/c1-12(14-7-8-15(18)16(19)9-14)20-11-17(22)21-10-13-5-3-2-4-6-13/h2-9,12,20H,10-11H2,1H3,(H,21,22)/p+1/t12-/m0/s1. The van der Waals surface area contributed by atoms with Crippen LogP contribution in [0.1, 0.15) is 24.1 Å². The van der Waals surface area contributed by atoms with Crippen molar-refractivity contribution in [3.05, 3.63) is 71.3 Å². The molecule has 5 heteroatoms. The van der Waals surface area contributed by atoms with Crippen molar-refractivity contribution in [1.82, 2.24) is 5.32 Å². The minimum absolute atomic E-state index is 0.0988. The maximum absolute atomic E-state index is 13.2. The third kappa shape index (κ3) is 4.63. The van der Waals surface area contributed by atoms with Gasteiger partial charge in [0.25, 0.3) is 5.91 Å². The highest BCUT2D eigenvalue weighted by Crippen LogP contribution is 2.12. The van der Waals surface area contributed by atoms with Crippen molar-refractivity contribution < 1.29 is 18.9 Å². The number of hydrogen-bond acceptors (Lipinski definition) is 1. The summed E-state index contributed by atoms with van der Waals surface area (Å²) in [5.41, 5.74) is 1.68. The highest BCUT2D eigenvalue weighted by Gasteiger charge is 2.13. The molecule has 2 aromatic rings. The van der Waals surface area contributed by atoms with Gasteiger partial charge in [-0.05, 0) is 30.7 Å². The van der Waals surface area contributed by atoms with E-state index in [9.17, 15) is 13.6 Å². The lowest BCUT2D eigenvalue weighted by Gasteiger charge is -2.11. The molecule has 0 fully saturated rings. The number of rotatable bonds is 6. The van der Waals surface area contributed by atoms with Gasteiger partial charge in [-0.2, -0.15) is 0 Å². The van der Waals surface area contributed by atoms with Crippen molar-refractivity contribution >= 4 is 5.91 Å². The van der Waals surface area contributed by atoms with Crippen LogP contribution in [-0.2, 0) is 11.3 Å². The van der Waals surface area contributed by atoms with E-state index in [0.717, 1.165) is 11.6 Å². The molecule has 2 aromatic carbocycles. The predicted octanol–water partition coefficient (Wildman–Crippen LogP) is 1.91. The summed E-state index contributed by atoms with van der Waals surface area (Å²) in [6.45, 7) is 2.55. The van der Waals surface area contributed by atoms with Gasteiger partial charge in [-0.3, -0.25) is 4.79 Å². The van der Waals surface area contributed by atoms with Gasteiger partial charge in [0, 0.05) is 12.1 Å². The van der Waals surface area contributed by atoms with Gasteiger partial charge in [-0.1, -0.05) is 30.3 Å². The van der Waals surface area contributed by atoms with E-state index >= 15 is 0 Å². The van der Waals surface area contributed by atoms with Crippen LogP contribution in [-0.4, -0.2) is 12.5 Å². The molecule has 0 spiro atoms. The first kappa shape index (κ1) is 16.1. The zero-order valence-electron chi connectivity index (χ0n) is 12.4. The van der Waals surface area contributed by atoms with Gasteiger partial charge in [0.1, 0.15) is 6.04 Å². The Morgan fingerprint density at radius 1 is 1.14 bits per heavy atom. The Hall–Kier alpha value is -2.27. The van der Waals surface area contributed by atoms with Crippen molar-refractivity contribution in [2.24, 2.45) is 0 Å². The Morgan fingerprint density at radius 2 is 1.86 bits per heavy atom. The summed E-state index contributed by atoms with van der Waals surface area (Å²) in [7, 11) is 0. The van der Waals surface area contributed by atoms with E-state index in [1.54, 1.807) is 5.32 Å². The Morgan fingerprint density at radius 3 is 2.55 bits per heavy atom. The Labute approximate surface area is 128 Å². The summed E-state index contributed by atoms with van der Waals surface area (Å²) in [5.74, 6) is -1.83. The van der Waals surface area contributed by atoms with Crippen LogP contribution in [0.4, 0.5) is 8.78 Å². The number of halogens is 2. The van der Waals surface area contributed by atoms with Crippen molar-refractivity contribution in [3.8, 4) is 0 Å². The minimum atomic E-state index is -0.869.